The molecule has 1 atom stereocenters. The van der Waals surface area contributed by atoms with Crippen molar-refractivity contribution < 1.29 is 9.47 Å². The van der Waals surface area contributed by atoms with Gasteiger partial charge in [0.15, 0.2) is 6.29 Å². The summed E-state index contributed by atoms with van der Waals surface area (Å²) in [4.78, 5) is 5.31. The van der Waals surface area contributed by atoms with Crippen LogP contribution in [-0.4, -0.2) is 31.4 Å². The summed E-state index contributed by atoms with van der Waals surface area (Å²) < 4.78 is 12.3. The minimum atomic E-state index is -0.217. The monoisotopic (exact) mass is 405 g/mol. The number of methoxy groups -OCH3 is 1. The van der Waals surface area contributed by atoms with E-state index in [0.717, 1.165) is 38.9 Å². The molecule has 2 aliphatic heterocycles. The second kappa shape index (κ2) is 8.04. The Balaban J connectivity index is 1.40. The molecule has 0 N–H and O–H groups in total. The Labute approximate surface area is 176 Å². The van der Waals surface area contributed by atoms with Crippen molar-refractivity contribution in [2.24, 2.45) is 0 Å². The normalized spacial score (nSPS) is 21.2. The number of rotatable bonds is 4. The van der Waals surface area contributed by atoms with Gasteiger partial charge in [0.05, 0.1) is 5.60 Å². The van der Waals surface area contributed by atoms with Crippen LogP contribution in [0.4, 0.5) is 0 Å². The largest absolute Gasteiger partial charge is 0.355 e. The second-order valence-corrected chi connectivity index (χ2v) is 9.19. The fourth-order valence-corrected chi connectivity index (χ4v) is 5.92. The molecule has 0 aliphatic carbocycles. The van der Waals surface area contributed by atoms with E-state index >= 15 is 0 Å². The maximum Gasteiger partial charge on any atom is 0.163 e. The smallest absolute Gasteiger partial charge is 0.163 e. The van der Waals surface area contributed by atoms with Gasteiger partial charge in [0, 0.05) is 42.9 Å². The molecule has 0 bridgehead atoms. The first-order chi connectivity index (χ1) is 14.3. The third kappa shape index (κ3) is 3.78. The minimum Gasteiger partial charge on any atom is -0.355 e. The summed E-state index contributed by atoms with van der Waals surface area (Å²) in [6, 6.07) is 23.8. The van der Waals surface area contributed by atoms with Gasteiger partial charge >= 0.3 is 0 Å². The summed E-state index contributed by atoms with van der Waals surface area (Å²) in [5.74, 6) is 0. The van der Waals surface area contributed by atoms with E-state index in [1.165, 1.54) is 26.4 Å². The van der Waals surface area contributed by atoms with E-state index < -0.39 is 0 Å². The van der Waals surface area contributed by atoms with Crippen LogP contribution in [-0.2, 0) is 28.0 Å². The molecule has 3 nitrogen and oxygen atoms in total. The third-order valence-corrected chi connectivity index (χ3v) is 7.45. The Kier molecular flexibility index (Phi) is 5.27. The maximum atomic E-state index is 6.60. The highest BCUT2D eigenvalue weighted by molar-refractivity contribution is 7.15. The van der Waals surface area contributed by atoms with Crippen molar-refractivity contribution >= 4 is 11.3 Å². The molecular formula is C25H27NO2S. The summed E-state index contributed by atoms with van der Waals surface area (Å²) >= 11 is 1.90. The van der Waals surface area contributed by atoms with E-state index in [1.807, 2.05) is 11.3 Å². The number of thiophene rings is 1. The number of benzene rings is 2. The molecule has 3 aromatic rings. The van der Waals surface area contributed by atoms with Gasteiger partial charge in [-0.2, -0.15) is 0 Å². The van der Waals surface area contributed by atoms with Gasteiger partial charge in [0.2, 0.25) is 0 Å². The number of fused-ring (bicyclic) bond motifs is 2. The Morgan fingerprint density at radius 1 is 1.03 bits per heavy atom. The summed E-state index contributed by atoms with van der Waals surface area (Å²) in [6.45, 7) is 3.10. The van der Waals surface area contributed by atoms with Crippen LogP contribution in [0.1, 0.15) is 28.8 Å². The first-order valence-corrected chi connectivity index (χ1v) is 11.2. The molecule has 0 amide bonds. The predicted molar refractivity (Wildman–Crippen MR) is 118 cm³/mol. The molecule has 1 unspecified atom stereocenters. The summed E-state index contributed by atoms with van der Waals surface area (Å²) in [5.41, 5.74) is 3.85. The van der Waals surface area contributed by atoms with E-state index in [9.17, 15) is 0 Å². The number of nitrogens with zero attached hydrogens (tertiary/aromatic N) is 1. The zero-order valence-electron chi connectivity index (χ0n) is 16.8. The minimum absolute atomic E-state index is 0.148. The standard InChI is InChI=1S/C25H27NO2S/c1-27-24-17-23-21(16-22(29-23)20-10-6-3-7-11-20)25(28-24)12-14-26(15-13-25)18-19-8-4-2-5-9-19/h2-11,16,24H,12-15,17-18H2,1H3. The van der Waals surface area contributed by atoms with Crippen molar-refractivity contribution in [1.82, 2.24) is 4.90 Å². The van der Waals surface area contributed by atoms with E-state index in [0.29, 0.717) is 0 Å². The van der Waals surface area contributed by atoms with E-state index in [-0.39, 0.29) is 11.9 Å². The molecule has 1 fully saturated rings. The summed E-state index contributed by atoms with van der Waals surface area (Å²) in [6.07, 6.45) is 2.72. The predicted octanol–water partition coefficient (Wildman–Crippen LogP) is 5.45. The van der Waals surface area contributed by atoms with Crippen molar-refractivity contribution in [1.29, 1.82) is 0 Å². The van der Waals surface area contributed by atoms with Crippen LogP contribution in [0.2, 0.25) is 0 Å². The van der Waals surface area contributed by atoms with Crippen LogP contribution in [0.5, 0.6) is 0 Å². The first-order valence-electron chi connectivity index (χ1n) is 10.4. The SMILES string of the molecule is COC1Cc2sc(-c3ccccc3)cc2C2(CCN(Cc3ccccc3)CC2)O1. The van der Waals surface area contributed by atoms with Crippen molar-refractivity contribution in [2.45, 2.75) is 37.7 Å². The van der Waals surface area contributed by atoms with Crippen molar-refractivity contribution in [3.8, 4) is 10.4 Å². The molecule has 2 aromatic carbocycles. The number of piperidine rings is 1. The van der Waals surface area contributed by atoms with Gasteiger partial charge < -0.3 is 9.47 Å². The fraction of sp³-hybridized carbons (Fsp3) is 0.360. The van der Waals surface area contributed by atoms with Crippen LogP contribution in [0.15, 0.2) is 66.7 Å². The van der Waals surface area contributed by atoms with Gasteiger partial charge in [0.25, 0.3) is 0 Å². The molecule has 5 rings (SSSR count). The van der Waals surface area contributed by atoms with Gasteiger partial charge in [-0.25, -0.2) is 0 Å². The number of likely N-dealkylation sites (tertiary alicyclic amines) is 1. The second-order valence-electron chi connectivity index (χ2n) is 8.06. The quantitative estimate of drug-likeness (QED) is 0.576. The molecule has 1 spiro atoms. The molecule has 1 aromatic heterocycles. The Morgan fingerprint density at radius 2 is 1.72 bits per heavy atom. The molecule has 4 heteroatoms. The maximum absolute atomic E-state index is 6.60. The van der Waals surface area contributed by atoms with Gasteiger partial charge in [-0.1, -0.05) is 60.7 Å². The Morgan fingerprint density at radius 3 is 2.41 bits per heavy atom. The van der Waals surface area contributed by atoms with E-state index in [1.54, 1.807) is 7.11 Å². The van der Waals surface area contributed by atoms with Crippen LogP contribution in [0.3, 0.4) is 0 Å². The van der Waals surface area contributed by atoms with Crippen molar-refractivity contribution in [3.63, 3.8) is 0 Å². The highest BCUT2D eigenvalue weighted by Crippen LogP contribution is 2.48. The lowest BCUT2D eigenvalue weighted by molar-refractivity contribution is -0.226. The lowest BCUT2D eigenvalue weighted by Gasteiger charge is -2.46. The lowest BCUT2D eigenvalue weighted by Crippen LogP contribution is -2.48. The molecule has 0 saturated carbocycles. The molecule has 150 valence electrons. The first kappa shape index (κ1) is 19.0. The third-order valence-electron chi connectivity index (χ3n) is 6.24. The lowest BCUT2D eigenvalue weighted by atomic mass is 9.81. The van der Waals surface area contributed by atoms with Gasteiger partial charge in [-0.05, 0) is 35.6 Å². The molecule has 0 radical (unpaired) electrons. The van der Waals surface area contributed by atoms with Crippen LogP contribution in [0, 0.1) is 0 Å². The Hall–Kier alpha value is -1.98. The van der Waals surface area contributed by atoms with Gasteiger partial charge in [-0.15, -0.1) is 11.3 Å². The average Bonchev–Trinajstić information content (AvgIpc) is 3.22. The summed E-state index contributed by atoms with van der Waals surface area (Å²) in [7, 11) is 1.76. The van der Waals surface area contributed by atoms with E-state index in [2.05, 4.69) is 71.6 Å². The zero-order chi connectivity index (χ0) is 19.7. The molecular weight excluding hydrogens is 378 g/mol. The number of hydrogen-bond acceptors (Lipinski definition) is 4. The Bertz CT molecular complexity index is 945. The highest BCUT2D eigenvalue weighted by Gasteiger charge is 2.45. The average molecular weight is 406 g/mol. The van der Waals surface area contributed by atoms with Crippen molar-refractivity contribution in [2.75, 3.05) is 20.2 Å². The van der Waals surface area contributed by atoms with Crippen LogP contribution < -0.4 is 0 Å². The molecule has 2 aliphatic rings. The topological polar surface area (TPSA) is 21.7 Å². The zero-order valence-corrected chi connectivity index (χ0v) is 17.7. The van der Waals surface area contributed by atoms with Crippen LogP contribution in [0.25, 0.3) is 10.4 Å². The van der Waals surface area contributed by atoms with Gasteiger partial charge in [-0.3, -0.25) is 4.90 Å². The summed E-state index contributed by atoms with van der Waals surface area (Å²) in [5, 5.41) is 0. The number of ether oxygens (including phenoxy) is 2. The fourth-order valence-electron chi connectivity index (χ4n) is 4.65. The molecule has 3 heterocycles. The number of hydrogen-bond donors (Lipinski definition) is 0. The molecule has 29 heavy (non-hydrogen) atoms. The van der Waals surface area contributed by atoms with E-state index in [4.69, 9.17) is 9.47 Å². The van der Waals surface area contributed by atoms with Crippen LogP contribution >= 0.6 is 11.3 Å². The van der Waals surface area contributed by atoms with Gasteiger partial charge in [0.1, 0.15) is 0 Å². The molecule has 1 saturated heterocycles. The highest BCUT2D eigenvalue weighted by atomic mass is 32.1. The van der Waals surface area contributed by atoms with Crippen molar-refractivity contribution in [3.05, 3.63) is 82.7 Å².